The van der Waals surface area contributed by atoms with Crippen molar-refractivity contribution in [2.75, 3.05) is 20.1 Å². The topological polar surface area (TPSA) is 69.7 Å². The van der Waals surface area contributed by atoms with Crippen LogP contribution in [0.2, 0.25) is 0 Å². The van der Waals surface area contributed by atoms with Gasteiger partial charge in [-0.2, -0.15) is 0 Å². The quantitative estimate of drug-likeness (QED) is 0.678. The van der Waals surface area contributed by atoms with Gasteiger partial charge < -0.3 is 15.9 Å². The van der Waals surface area contributed by atoms with Gasteiger partial charge in [0.15, 0.2) is 11.5 Å². The van der Waals surface area contributed by atoms with Crippen molar-refractivity contribution in [1.82, 2.24) is 4.90 Å². The molecule has 0 amide bonds. The number of benzene rings is 1. The van der Waals surface area contributed by atoms with Crippen LogP contribution in [-0.2, 0) is 0 Å². The molecule has 4 nitrogen and oxygen atoms in total. The monoisotopic (exact) mass is 236 g/mol. The molecule has 0 saturated carbocycles. The van der Waals surface area contributed by atoms with E-state index in [0.717, 1.165) is 18.5 Å². The summed E-state index contributed by atoms with van der Waals surface area (Å²) in [6.07, 6.45) is 0.934. The largest absolute Gasteiger partial charge is 0.504 e. The van der Waals surface area contributed by atoms with Gasteiger partial charge in [0.1, 0.15) is 0 Å². The number of aryl methyl sites for hydroxylation is 1. The molecule has 0 aromatic heterocycles. The summed E-state index contributed by atoms with van der Waals surface area (Å²) in [5.41, 5.74) is 7.18. The van der Waals surface area contributed by atoms with Crippen LogP contribution in [0.5, 0.6) is 11.5 Å². The molecule has 4 N–H and O–H groups in total. The third-order valence-electron chi connectivity index (χ3n) is 3.71. The minimum atomic E-state index is -0.00732. The SMILES string of the molecule is Cc1ccc(C2CC(CN)CN2C)c(O)c1O. The van der Waals surface area contributed by atoms with E-state index in [-0.39, 0.29) is 17.5 Å². The molecule has 94 valence electrons. The van der Waals surface area contributed by atoms with E-state index in [1.54, 1.807) is 6.92 Å². The lowest BCUT2D eigenvalue weighted by molar-refractivity contribution is 0.302. The molecule has 0 spiro atoms. The van der Waals surface area contributed by atoms with Crippen molar-refractivity contribution in [3.8, 4) is 11.5 Å². The lowest BCUT2D eigenvalue weighted by Crippen LogP contribution is -2.20. The Hall–Kier alpha value is -1.26. The normalized spacial score (nSPS) is 25.4. The van der Waals surface area contributed by atoms with Crippen molar-refractivity contribution in [2.45, 2.75) is 19.4 Å². The molecule has 17 heavy (non-hydrogen) atoms. The molecule has 2 unspecified atom stereocenters. The number of hydrogen-bond donors (Lipinski definition) is 3. The molecule has 2 atom stereocenters. The Kier molecular flexibility index (Phi) is 3.26. The molecule has 1 heterocycles. The van der Waals surface area contributed by atoms with Crippen LogP contribution < -0.4 is 5.73 Å². The maximum Gasteiger partial charge on any atom is 0.162 e. The van der Waals surface area contributed by atoms with Crippen LogP contribution >= 0.6 is 0 Å². The summed E-state index contributed by atoms with van der Waals surface area (Å²) in [5, 5.41) is 19.8. The zero-order valence-electron chi connectivity index (χ0n) is 10.3. The average Bonchev–Trinajstić information content (AvgIpc) is 2.68. The molecule has 0 aliphatic carbocycles. The average molecular weight is 236 g/mol. The van der Waals surface area contributed by atoms with Gasteiger partial charge in [-0.25, -0.2) is 0 Å². The number of hydrogen-bond acceptors (Lipinski definition) is 4. The summed E-state index contributed by atoms with van der Waals surface area (Å²) >= 11 is 0. The molecule has 0 bridgehead atoms. The molecular weight excluding hydrogens is 216 g/mol. The van der Waals surface area contributed by atoms with Crippen molar-refractivity contribution in [3.05, 3.63) is 23.3 Å². The highest BCUT2D eigenvalue weighted by Gasteiger charge is 2.32. The van der Waals surface area contributed by atoms with Gasteiger partial charge in [0.2, 0.25) is 0 Å². The third-order valence-corrected chi connectivity index (χ3v) is 3.71. The lowest BCUT2D eigenvalue weighted by atomic mass is 9.97. The molecule has 1 aromatic rings. The molecule has 2 rings (SSSR count). The number of phenolic OH excluding ortho intramolecular Hbond substituents is 2. The second kappa shape index (κ2) is 4.55. The lowest BCUT2D eigenvalue weighted by Gasteiger charge is -2.21. The fourth-order valence-electron chi connectivity index (χ4n) is 2.60. The van der Waals surface area contributed by atoms with Gasteiger partial charge in [0.25, 0.3) is 0 Å². The molecule has 1 saturated heterocycles. The van der Waals surface area contributed by atoms with Crippen molar-refractivity contribution >= 4 is 0 Å². The molecular formula is C13H20N2O2. The summed E-state index contributed by atoms with van der Waals surface area (Å²) in [7, 11) is 2.02. The predicted octanol–water partition coefficient (Wildman–Crippen LogP) is 1.36. The smallest absolute Gasteiger partial charge is 0.162 e. The van der Waals surface area contributed by atoms with Crippen LogP contribution in [0.15, 0.2) is 12.1 Å². The van der Waals surface area contributed by atoms with E-state index in [9.17, 15) is 10.2 Å². The van der Waals surface area contributed by atoms with Crippen molar-refractivity contribution in [1.29, 1.82) is 0 Å². The van der Waals surface area contributed by atoms with E-state index < -0.39 is 0 Å². The zero-order chi connectivity index (χ0) is 12.6. The standard InChI is InChI=1S/C13H20N2O2/c1-8-3-4-10(13(17)12(8)16)11-5-9(6-14)7-15(11)2/h3-4,9,11,16-17H,5-7,14H2,1-2H3. The van der Waals surface area contributed by atoms with E-state index in [2.05, 4.69) is 4.90 Å². The highest BCUT2D eigenvalue weighted by molar-refractivity contribution is 5.50. The first kappa shape index (κ1) is 12.2. The van der Waals surface area contributed by atoms with Gasteiger partial charge in [0, 0.05) is 18.2 Å². The number of phenols is 2. The molecule has 1 fully saturated rings. The van der Waals surface area contributed by atoms with E-state index in [0.29, 0.717) is 18.0 Å². The number of likely N-dealkylation sites (tertiary alicyclic amines) is 1. The van der Waals surface area contributed by atoms with Crippen LogP contribution in [0.1, 0.15) is 23.6 Å². The Morgan fingerprint density at radius 2 is 2.06 bits per heavy atom. The second-order valence-electron chi connectivity index (χ2n) is 4.96. The molecule has 0 radical (unpaired) electrons. The van der Waals surface area contributed by atoms with E-state index in [1.165, 1.54) is 0 Å². The van der Waals surface area contributed by atoms with Crippen molar-refractivity contribution in [2.24, 2.45) is 11.7 Å². The number of rotatable bonds is 2. The summed E-state index contributed by atoms with van der Waals surface area (Å²) in [4.78, 5) is 2.18. The number of nitrogens with zero attached hydrogens (tertiary/aromatic N) is 1. The first-order valence-corrected chi connectivity index (χ1v) is 5.96. The number of nitrogens with two attached hydrogens (primary N) is 1. The van der Waals surface area contributed by atoms with Crippen molar-refractivity contribution < 1.29 is 10.2 Å². The van der Waals surface area contributed by atoms with Crippen LogP contribution in [0, 0.1) is 12.8 Å². The van der Waals surface area contributed by atoms with Gasteiger partial charge >= 0.3 is 0 Å². The van der Waals surface area contributed by atoms with E-state index in [4.69, 9.17) is 5.73 Å². The maximum absolute atomic E-state index is 10.0. The predicted molar refractivity (Wildman–Crippen MR) is 67.0 cm³/mol. The molecule has 1 aromatic carbocycles. The van der Waals surface area contributed by atoms with Gasteiger partial charge in [-0.1, -0.05) is 12.1 Å². The fraction of sp³-hybridized carbons (Fsp3) is 0.538. The Balaban J connectivity index is 2.32. The highest BCUT2D eigenvalue weighted by atomic mass is 16.3. The number of aromatic hydroxyl groups is 2. The minimum absolute atomic E-state index is 0.00732. The Bertz CT molecular complexity index is 420. The minimum Gasteiger partial charge on any atom is -0.504 e. The molecule has 1 aliphatic rings. The van der Waals surface area contributed by atoms with Crippen LogP contribution in [-0.4, -0.2) is 35.3 Å². The van der Waals surface area contributed by atoms with Crippen molar-refractivity contribution in [3.63, 3.8) is 0 Å². The molecule has 4 heteroatoms. The van der Waals surface area contributed by atoms with E-state index >= 15 is 0 Å². The first-order valence-electron chi connectivity index (χ1n) is 5.96. The van der Waals surface area contributed by atoms with Crippen LogP contribution in [0.3, 0.4) is 0 Å². The Morgan fingerprint density at radius 3 is 2.65 bits per heavy atom. The highest BCUT2D eigenvalue weighted by Crippen LogP contribution is 2.42. The molecule has 1 aliphatic heterocycles. The summed E-state index contributed by atoms with van der Waals surface area (Å²) < 4.78 is 0. The third kappa shape index (κ3) is 2.10. The van der Waals surface area contributed by atoms with Gasteiger partial charge in [-0.05, 0) is 38.4 Å². The second-order valence-corrected chi connectivity index (χ2v) is 4.96. The first-order chi connectivity index (χ1) is 8.04. The van der Waals surface area contributed by atoms with E-state index in [1.807, 2.05) is 19.2 Å². The Morgan fingerprint density at radius 1 is 1.35 bits per heavy atom. The maximum atomic E-state index is 10.0. The summed E-state index contributed by atoms with van der Waals surface area (Å²) in [6.45, 7) is 3.38. The van der Waals surface area contributed by atoms with Crippen LogP contribution in [0.25, 0.3) is 0 Å². The van der Waals surface area contributed by atoms with Gasteiger partial charge in [-0.3, -0.25) is 4.90 Å². The zero-order valence-corrected chi connectivity index (χ0v) is 10.3. The fourth-order valence-corrected chi connectivity index (χ4v) is 2.60. The van der Waals surface area contributed by atoms with Gasteiger partial charge in [-0.15, -0.1) is 0 Å². The van der Waals surface area contributed by atoms with Gasteiger partial charge in [0.05, 0.1) is 0 Å². The Labute approximate surface area is 102 Å². The van der Waals surface area contributed by atoms with Crippen LogP contribution in [0.4, 0.5) is 0 Å². The summed E-state index contributed by atoms with van der Waals surface area (Å²) in [5.74, 6) is 0.472. The summed E-state index contributed by atoms with van der Waals surface area (Å²) in [6, 6.07) is 3.88.